The van der Waals surface area contributed by atoms with Crippen molar-refractivity contribution in [1.82, 2.24) is 5.32 Å². The van der Waals surface area contributed by atoms with Gasteiger partial charge in [0.05, 0.1) is 12.3 Å². The van der Waals surface area contributed by atoms with E-state index >= 15 is 0 Å². The molecule has 0 saturated carbocycles. The Balaban J connectivity index is 1.85. The Bertz CT molecular complexity index is 659. The number of carbonyl (C=O) groups is 2. The molecule has 0 bridgehead atoms. The molecule has 116 valence electrons. The molecule has 0 saturated heterocycles. The quantitative estimate of drug-likeness (QED) is 0.827. The van der Waals surface area contributed by atoms with Gasteiger partial charge in [-0.2, -0.15) is 0 Å². The minimum absolute atomic E-state index is 0.0103. The summed E-state index contributed by atoms with van der Waals surface area (Å²) in [6.07, 6.45) is 1.96. The second kappa shape index (κ2) is 7.07. The molecule has 2 rings (SSSR count). The molecule has 1 aromatic heterocycles. The van der Waals surface area contributed by atoms with E-state index in [2.05, 4.69) is 5.32 Å². The van der Waals surface area contributed by atoms with Gasteiger partial charge in [-0.3, -0.25) is 9.59 Å². The lowest BCUT2D eigenvalue weighted by molar-refractivity contribution is -0.121. The topological polar surface area (TPSA) is 59.3 Å². The average molecular weight is 299 g/mol. The van der Waals surface area contributed by atoms with E-state index in [4.69, 9.17) is 4.42 Å². The van der Waals surface area contributed by atoms with E-state index in [1.165, 1.54) is 0 Å². The number of hydrogen-bond donors (Lipinski definition) is 1. The maximum absolute atomic E-state index is 12.1. The molecule has 0 fully saturated rings. The lowest BCUT2D eigenvalue weighted by Gasteiger charge is -2.11. The fourth-order valence-corrected chi connectivity index (χ4v) is 2.21. The number of rotatable bonds is 6. The maximum atomic E-state index is 12.1. The molecule has 0 unspecified atom stereocenters. The van der Waals surface area contributed by atoms with E-state index in [0.29, 0.717) is 11.3 Å². The summed E-state index contributed by atoms with van der Waals surface area (Å²) in [6.45, 7) is 5.83. The maximum Gasteiger partial charge on any atom is 0.221 e. The van der Waals surface area contributed by atoms with E-state index in [1.54, 1.807) is 12.3 Å². The third-order valence-electron chi connectivity index (χ3n) is 3.76. The number of Topliss-reactive ketones (excluding diaryl/α,β-unsaturated/α-hetero) is 1. The van der Waals surface area contributed by atoms with Gasteiger partial charge in [-0.05, 0) is 50.1 Å². The van der Waals surface area contributed by atoms with E-state index in [-0.39, 0.29) is 30.6 Å². The number of aryl methyl sites for hydroxylation is 2. The van der Waals surface area contributed by atoms with Gasteiger partial charge in [0.1, 0.15) is 5.76 Å². The van der Waals surface area contributed by atoms with Crippen molar-refractivity contribution >= 4 is 11.7 Å². The fraction of sp³-hybridized carbons (Fsp3) is 0.333. The minimum atomic E-state index is -0.195. The standard InChI is InChI=1S/C18H21NO3/c1-12-6-7-15(11-13(12)2)16(20)8-9-18(21)19-14(3)17-5-4-10-22-17/h4-7,10-11,14H,8-9H2,1-3H3,(H,19,21)/t14-/m0/s1. The van der Waals surface area contributed by atoms with Crippen LogP contribution in [-0.4, -0.2) is 11.7 Å². The summed E-state index contributed by atoms with van der Waals surface area (Å²) >= 11 is 0. The second-order valence-electron chi connectivity index (χ2n) is 5.53. The number of furan rings is 1. The van der Waals surface area contributed by atoms with Crippen LogP contribution in [0.1, 0.15) is 53.1 Å². The van der Waals surface area contributed by atoms with Crippen LogP contribution in [0.15, 0.2) is 41.0 Å². The molecule has 1 amide bonds. The SMILES string of the molecule is Cc1ccc(C(=O)CCC(=O)N[C@@H](C)c2ccco2)cc1C. The Hall–Kier alpha value is -2.36. The molecule has 1 heterocycles. The Labute approximate surface area is 130 Å². The van der Waals surface area contributed by atoms with Gasteiger partial charge in [0.25, 0.3) is 0 Å². The molecule has 0 spiro atoms. The average Bonchev–Trinajstić information content (AvgIpc) is 3.02. The first kappa shape index (κ1) is 16.0. The minimum Gasteiger partial charge on any atom is -0.467 e. The van der Waals surface area contributed by atoms with Crippen molar-refractivity contribution in [2.45, 2.75) is 39.7 Å². The van der Waals surface area contributed by atoms with E-state index in [0.717, 1.165) is 11.1 Å². The summed E-state index contributed by atoms with van der Waals surface area (Å²) in [5, 5.41) is 2.82. The van der Waals surface area contributed by atoms with Crippen LogP contribution in [-0.2, 0) is 4.79 Å². The van der Waals surface area contributed by atoms with Crippen LogP contribution in [0.5, 0.6) is 0 Å². The zero-order valence-corrected chi connectivity index (χ0v) is 13.2. The van der Waals surface area contributed by atoms with Crippen LogP contribution < -0.4 is 5.32 Å². The van der Waals surface area contributed by atoms with Crippen LogP contribution in [0.4, 0.5) is 0 Å². The number of carbonyl (C=O) groups excluding carboxylic acids is 2. The highest BCUT2D eigenvalue weighted by atomic mass is 16.3. The van der Waals surface area contributed by atoms with Gasteiger partial charge < -0.3 is 9.73 Å². The molecule has 1 N–H and O–H groups in total. The van der Waals surface area contributed by atoms with Crippen molar-refractivity contribution in [3.63, 3.8) is 0 Å². The van der Waals surface area contributed by atoms with Gasteiger partial charge in [-0.15, -0.1) is 0 Å². The van der Waals surface area contributed by atoms with Crippen LogP contribution in [0.3, 0.4) is 0 Å². The molecule has 1 atom stereocenters. The zero-order chi connectivity index (χ0) is 16.1. The molecule has 4 nitrogen and oxygen atoms in total. The monoisotopic (exact) mass is 299 g/mol. The number of hydrogen-bond acceptors (Lipinski definition) is 3. The van der Waals surface area contributed by atoms with Crippen molar-refractivity contribution < 1.29 is 14.0 Å². The highest BCUT2D eigenvalue weighted by molar-refractivity contribution is 5.98. The zero-order valence-electron chi connectivity index (χ0n) is 13.2. The third kappa shape index (κ3) is 4.07. The molecule has 0 aliphatic carbocycles. The van der Waals surface area contributed by atoms with Crippen molar-refractivity contribution in [3.8, 4) is 0 Å². The number of amides is 1. The van der Waals surface area contributed by atoms with Crippen molar-refractivity contribution in [1.29, 1.82) is 0 Å². The molecule has 2 aromatic rings. The predicted molar refractivity (Wildman–Crippen MR) is 84.7 cm³/mol. The Morgan fingerprint density at radius 2 is 1.91 bits per heavy atom. The Morgan fingerprint density at radius 3 is 2.55 bits per heavy atom. The molecule has 0 aliphatic rings. The first-order valence-electron chi connectivity index (χ1n) is 7.40. The van der Waals surface area contributed by atoms with Gasteiger partial charge in [-0.1, -0.05) is 12.1 Å². The smallest absolute Gasteiger partial charge is 0.221 e. The summed E-state index contributed by atoms with van der Waals surface area (Å²) in [4.78, 5) is 24.0. The fourth-order valence-electron chi connectivity index (χ4n) is 2.21. The summed E-state index contributed by atoms with van der Waals surface area (Å²) < 4.78 is 5.23. The van der Waals surface area contributed by atoms with Crippen molar-refractivity contribution in [3.05, 3.63) is 59.0 Å². The van der Waals surface area contributed by atoms with Crippen LogP contribution in [0, 0.1) is 13.8 Å². The third-order valence-corrected chi connectivity index (χ3v) is 3.76. The number of ketones is 1. The van der Waals surface area contributed by atoms with Gasteiger partial charge in [-0.25, -0.2) is 0 Å². The van der Waals surface area contributed by atoms with Gasteiger partial charge >= 0.3 is 0 Å². The van der Waals surface area contributed by atoms with Crippen LogP contribution >= 0.6 is 0 Å². The van der Waals surface area contributed by atoms with E-state index < -0.39 is 0 Å². The normalized spacial score (nSPS) is 12.0. The Morgan fingerprint density at radius 1 is 1.14 bits per heavy atom. The molecule has 4 heteroatoms. The van der Waals surface area contributed by atoms with Crippen LogP contribution in [0.25, 0.3) is 0 Å². The van der Waals surface area contributed by atoms with Gasteiger partial charge in [0.15, 0.2) is 5.78 Å². The predicted octanol–water partition coefficient (Wildman–Crippen LogP) is 3.74. The van der Waals surface area contributed by atoms with Gasteiger partial charge in [0, 0.05) is 18.4 Å². The highest BCUT2D eigenvalue weighted by Gasteiger charge is 2.14. The lowest BCUT2D eigenvalue weighted by Crippen LogP contribution is -2.26. The molecule has 22 heavy (non-hydrogen) atoms. The summed E-state index contributed by atoms with van der Waals surface area (Å²) in [6, 6.07) is 9.02. The van der Waals surface area contributed by atoms with Crippen molar-refractivity contribution in [2.24, 2.45) is 0 Å². The number of nitrogens with one attached hydrogen (secondary N) is 1. The first-order valence-corrected chi connectivity index (χ1v) is 7.40. The number of benzene rings is 1. The molecular formula is C18H21NO3. The highest BCUT2D eigenvalue weighted by Crippen LogP contribution is 2.14. The molecule has 0 aliphatic heterocycles. The molecule has 0 radical (unpaired) electrons. The van der Waals surface area contributed by atoms with E-state index in [1.807, 2.05) is 45.0 Å². The molecule has 1 aromatic carbocycles. The summed E-state index contributed by atoms with van der Waals surface area (Å²) in [5.41, 5.74) is 2.90. The van der Waals surface area contributed by atoms with E-state index in [9.17, 15) is 9.59 Å². The Kier molecular flexibility index (Phi) is 5.15. The first-order chi connectivity index (χ1) is 10.5. The second-order valence-corrected chi connectivity index (χ2v) is 5.53. The molecular weight excluding hydrogens is 278 g/mol. The lowest BCUT2D eigenvalue weighted by atomic mass is 10.0. The van der Waals surface area contributed by atoms with Crippen molar-refractivity contribution in [2.75, 3.05) is 0 Å². The van der Waals surface area contributed by atoms with Gasteiger partial charge in [0.2, 0.25) is 5.91 Å². The largest absolute Gasteiger partial charge is 0.467 e. The summed E-state index contributed by atoms with van der Waals surface area (Å²) in [7, 11) is 0. The summed E-state index contributed by atoms with van der Waals surface area (Å²) in [5.74, 6) is 0.541. The van der Waals surface area contributed by atoms with Crippen LogP contribution in [0.2, 0.25) is 0 Å².